The van der Waals surface area contributed by atoms with Gasteiger partial charge in [0.15, 0.2) is 11.5 Å². The quantitative estimate of drug-likeness (QED) is 0.687. The van der Waals surface area contributed by atoms with Crippen molar-refractivity contribution in [1.29, 1.82) is 0 Å². The SMILES string of the molecule is O=C(O)c1cc(Cl)c2ncnc(N3CCOCC3c3ccc(CO)cc3)c2n1. The number of halogens is 1. The van der Waals surface area contributed by atoms with E-state index in [2.05, 4.69) is 15.0 Å². The molecule has 28 heavy (non-hydrogen) atoms. The van der Waals surface area contributed by atoms with Crippen molar-refractivity contribution in [2.75, 3.05) is 24.7 Å². The summed E-state index contributed by atoms with van der Waals surface area (Å²) in [6, 6.07) is 8.73. The third kappa shape index (κ3) is 3.37. The summed E-state index contributed by atoms with van der Waals surface area (Å²) in [7, 11) is 0. The number of hydrogen-bond donors (Lipinski definition) is 2. The molecule has 2 N–H and O–H groups in total. The van der Waals surface area contributed by atoms with E-state index in [0.717, 1.165) is 11.1 Å². The minimum absolute atomic E-state index is 0.0257. The molecule has 4 rings (SSSR count). The van der Waals surface area contributed by atoms with Crippen LogP contribution in [0.25, 0.3) is 11.0 Å². The van der Waals surface area contributed by atoms with E-state index in [1.54, 1.807) is 0 Å². The van der Waals surface area contributed by atoms with E-state index in [4.69, 9.17) is 16.3 Å². The molecule has 0 amide bonds. The van der Waals surface area contributed by atoms with Gasteiger partial charge in [-0.15, -0.1) is 0 Å². The predicted octanol–water partition coefficient (Wildman–Crippen LogP) is 2.45. The molecule has 1 atom stereocenters. The number of ether oxygens (including phenoxy) is 1. The Morgan fingerprint density at radius 3 is 2.75 bits per heavy atom. The first kappa shape index (κ1) is 18.5. The molecule has 2 aromatic heterocycles. The topological polar surface area (TPSA) is 109 Å². The number of pyridine rings is 1. The lowest BCUT2D eigenvalue weighted by atomic mass is 10.0. The third-order valence-corrected chi connectivity index (χ3v) is 4.98. The van der Waals surface area contributed by atoms with Crippen LogP contribution < -0.4 is 4.90 Å². The molecule has 3 heterocycles. The summed E-state index contributed by atoms with van der Waals surface area (Å²) in [6.07, 6.45) is 1.40. The van der Waals surface area contributed by atoms with Gasteiger partial charge in [-0.2, -0.15) is 0 Å². The average Bonchev–Trinajstić information content (AvgIpc) is 2.73. The van der Waals surface area contributed by atoms with Crippen molar-refractivity contribution in [2.24, 2.45) is 0 Å². The number of fused-ring (bicyclic) bond motifs is 1. The van der Waals surface area contributed by atoms with Gasteiger partial charge in [0, 0.05) is 6.54 Å². The van der Waals surface area contributed by atoms with E-state index in [1.165, 1.54) is 12.4 Å². The standard InChI is InChI=1S/C19H17ClN4O4/c20-13-7-14(19(26)27)23-17-16(13)21-10-22-18(17)24-5-6-28-9-15(24)12-3-1-11(8-25)2-4-12/h1-4,7,10,15,25H,5-6,8-9H2,(H,26,27). The number of nitrogens with zero attached hydrogens (tertiary/aromatic N) is 4. The Morgan fingerprint density at radius 2 is 2.04 bits per heavy atom. The van der Waals surface area contributed by atoms with E-state index in [9.17, 15) is 15.0 Å². The summed E-state index contributed by atoms with van der Waals surface area (Å²) in [4.78, 5) is 26.2. The van der Waals surface area contributed by atoms with E-state index in [-0.39, 0.29) is 23.4 Å². The van der Waals surface area contributed by atoms with Crippen LogP contribution in [0.2, 0.25) is 5.02 Å². The zero-order chi connectivity index (χ0) is 19.7. The lowest BCUT2D eigenvalue weighted by Crippen LogP contribution is -2.40. The normalized spacial score (nSPS) is 17.1. The van der Waals surface area contributed by atoms with E-state index in [1.807, 2.05) is 29.2 Å². The van der Waals surface area contributed by atoms with Gasteiger partial charge in [-0.25, -0.2) is 19.7 Å². The van der Waals surface area contributed by atoms with Crippen molar-refractivity contribution in [2.45, 2.75) is 12.6 Å². The molecule has 1 aliphatic rings. The van der Waals surface area contributed by atoms with Gasteiger partial charge < -0.3 is 19.8 Å². The van der Waals surface area contributed by atoms with Gasteiger partial charge in [-0.1, -0.05) is 35.9 Å². The van der Waals surface area contributed by atoms with Crippen LogP contribution in [0.5, 0.6) is 0 Å². The number of anilines is 1. The van der Waals surface area contributed by atoms with Crippen molar-refractivity contribution in [1.82, 2.24) is 15.0 Å². The Morgan fingerprint density at radius 1 is 1.25 bits per heavy atom. The van der Waals surface area contributed by atoms with E-state index in [0.29, 0.717) is 36.6 Å². The molecule has 144 valence electrons. The Bertz CT molecular complexity index is 1030. The highest BCUT2D eigenvalue weighted by Crippen LogP contribution is 2.34. The molecule has 0 aliphatic carbocycles. The highest BCUT2D eigenvalue weighted by molar-refractivity contribution is 6.35. The maximum Gasteiger partial charge on any atom is 0.354 e. The second kappa shape index (κ2) is 7.67. The van der Waals surface area contributed by atoms with Crippen molar-refractivity contribution in [3.8, 4) is 0 Å². The Kier molecular flexibility index (Phi) is 5.08. The molecule has 0 bridgehead atoms. The lowest BCUT2D eigenvalue weighted by Gasteiger charge is -2.37. The summed E-state index contributed by atoms with van der Waals surface area (Å²) in [5.41, 5.74) is 2.39. The molecule has 0 saturated carbocycles. The van der Waals surface area contributed by atoms with Gasteiger partial charge in [-0.3, -0.25) is 0 Å². The zero-order valence-electron chi connectivity index (χ0n) is 14.7. The van der Waals surface area contributed by atoms with Crippen molar-refractivity contribution in [3.05, 3.63) is 58.5 Å². The van der Waals surface area contributed by atoms with Gasteiger partial charge in [-0.05, 0) is 17.2 Å². The molecular formula is C19H17ClN4O4. The van der Waals surface area contributed by atoms with Crippen LogP contribution in [-0.2, 0) is 11.3 Å². The molecule has 8 nitrogen and oxygen atoms in total. The molecule has 1 saturated heterocycles. The van der Waals surface area contributed by atoms with Crippen LogP contribution in [0, 0.1) is 0 Å². The second-order valence-electron chi connectivity index (χ2n) is 6.37. The maximum absolute atomic E-state index is 11.4. The van der Waals surface area contributed by atoms with Crippen LogP contribution in [0.4, 0.5) is 5.82 Å². The molecule has 1 unspecified atom stereocenters. The Balaban J connectivity index is 1.82. The largest absolute Gasteiger partial charge is 0.477 e. The monoisotopic (exact) mass is 400 g/mol. The number of carboxylic acids is 1. The zero-order valence-corrected chi connectivity index (χ0v) is 15.5. The number of benzene rings is 1. The molecule has 1 aromatic carbocycles. The Labute approximate surface area is 165 Å². The number of aromatic nitrogens is 3. The van der Waals surface area contributed by atoms with Crippen LogP contribution in [-0.4, -0.2) is 50.9 Å². The Hall–Kier alpha value is -2.81. The van der Waals surface area contributed by atoms with Crippen LogP contribution in [0.1, 0.15) is 27.7 Å². The van der Waals surface area contributed by atoms with E-state index < -0.39 is 5.97 Å². The van der Waals surface area contributed by atoms with Gasteiger partial charge in [0.25, 0.3) is 0 Å². The molecule has 1 aliphatic heterocycles. The smallest absolute Gasteiger partial charge is 0.354 e. The number of rotatable bonds is 4. The second-order valence-corrected chi connectivity index (χ2v) is 6.78. The van der Waals surface area contributed by atoms with Crippen LogP contribution in [0.3, 0.4) is 0 Å². The average molecular weight is 401 g/mol. The van der Waals surface area contributed by atoms with Crippen molar-refractivity contribution >= 4 is 34.4 Å². The van der Waals surface area contributed by atoms with Gasteiger partial charge in [0.1, 0.15) is 17.4 Å². The minimum atomic E-state index is -1.17. The number of carboxylic acid groups (broad SMARTS) is 1. The summed E-state index contributed by atoms with van der Waals surface area (Å²) in [5.74, 6) is -0.661. The number of aromatic carboxylic acids is 1. The first-order valence-corrected chi connectivity index (χ1v) is 9.05. The molecule has 1 fully saturated rings. The van der Waals surface area contributed by atoms with Crippen molar-refractivity contribution in [3.63, 3.8) is 0 Å². The molecular weight excluding hydrogens is 384 g/mol. The number of carbonyl (C=O) groups is 1. The van der Waals surface area contributed by atoms with Crippen LogP contribution in [0.15, 0.2) is 36.7 Å². The fourth-order valence-electron chi connectivity index (χ4n) is 3.29. The fourth-order valence-corrected chi connectivity index (χ4v) is 3.53. The van der Waals surface area contributed by atoms with Crippen molar-refractivity contribution < 1.29 is 19.7 Å². The van der Waals surface area contributed by atoms with Crippen LogP contribution >= 0.6 is 11.6 Å². The number of hydrogen-bond acceptors (Lipinski definition) is 7. The van der Waals surface area contributed by atoms with Gasteiger partial charge >= 0.3 is 5.97 Å². The molecule has 0 radical (unpaired) electrons. The predicted molar refractivity (Wildman–Crippen MR) is 103 cm³/mol. The number of aliphatic hydroxyl groups excluding tert-OH is 1. The third-order valence-electron chi connectivity index (χ3n) is 4.69. The summed E-state index contributed by atoms with van der Waals surface area (Å²) >= 11 is 6.24. The summed E-state index contributed by atoms with van der Waals surface area (Å²) in [5, 5.41) is 18.8. The molecule has 9 heteroatoms. The molecule has 0 spiro atoms. The first-order valence-electron chi connectivity index (χ1n) is 8.67. The highest BCUT2D eigenvalue weighted by atomic mass is 35.5. The first-order chi connectivity index (χ1) is 13.6. The van der Waals surface area contributed by atoms with Gasteiger partial charge in [0.2, 0.25) is 0 Å². The fraction of sp³-hybridized carbons (Fsp3) is 0.263. The highest BCUT2D eigenvalue weighted by Gasteiger charge is 2.28. The summed E-state index contributed by atoms with van der Waals surface area (Å²) < 4.78 is 5.67. The summed E-state index contributed by atoms with van der Waals surface area (Å²) in [6.45, 7) is 1.47. The minimum Gasteiger partial charge on any atom is -0.477 e. The maximum atomic E-state index is 11.4. The van der Waals surface area contributed by atoms with Gasteiger partial charge in [0.05, 0.1) is 30.9 Å². The lowest BCUT2D eigenvalue weighted by molar-refractivity contribution is 0.0691. The number of morpholine rings is 1. The number of aliphatic hydroxyl groups is 1. The van der Waals surface area contributed by atoms with E-state index >= 15 is 0 Å². The molecule has 3 aromatic rings.